The van der Waals surface area contributed by atoms with Gasteiger partial charge in [-0.3, -0.25) is 4.79 Å². The van der Waals surface area contributed by atoms with Gasteiger partial charge in [-0.05, 0) is 43.6 Å². The molecule has 1 atom stereocenters. The normalized spacial score (nSPS) is 22.8. The van der Waals surface area contributed by atoms with Crippen LogP contribution in [-0.2, 0) is 12.8 Å². The van der Waals surface area contributed by atoms with Crippen LogP contribution < -0.4 is 10.1 Å². The molecule has 0 aromatic carbocycles. The molecule has 138 valence electrons. The highest BCUT2D eigenvalue weighted by Gasteiger charge is 2.37. The molecular formula is C19H23N3O4. The fourth-order valence-electron chi connectivity index (χ4n) is 3.84. The molecule has 1 saturated carbocycles. The minimum atomic E-state index is -0.301. The van der Waals surface area contributed by atoms with E-state index in [0.717, 1.165) is 42.6 Å². The van der Waals surface area contributed by atoms with Crippen LogP contribution in [0.3, 0.4) is 0 Å². The van der Waals surface area contributed by atoms with Gasteiger partial charge in [0.2, 0.25) is 5.88 Å². The second kappa shape index (κ2) is 7.07. The Hall–Kier alpha value is -2.41. The fraction of sp³-hybridized carbons (Fsp3) is 0.526. The number of aliphatic hydroxyl groups is 1. The summed E-state index contributed by atoms with van der Waals surface area (Å²) < 4.78 is 10.5. The van der Waals surface area contributed by atoms with E-state index < -0.39 is 0 Å². The maximum Gasteiger partial charge on any atom is 0.274 e. The van der Waals surface area contributed by atoms with Crippen LogP contribution >= 0.6 is 0 Å². The summed E-state index contributed by atoms with van der Waals surface area (Å²) in [5.74, 6) is 1.31. The lowest BCUT2D eigenvalue weighted by atomic mass is 9.75. The first kappa shape index (κ1) is 17.0. The summed E-state index contributed by atoms with van der Waals surface area (Å²) in [4.78, 5) is 17.1. The largest absolute Gasteiger partial charge is 0.481 e. The number of pyridine rings is 1. The van der Waals surface area contributed by atoms with Gasteiger partial charge in [-0.1, -0.05) is 11.2 Å². The number of hydrogen-bond donors (Lipinski definition) is 2. The first-order chi connectivity index (χ1) is 12.7. The van der Waals surface area contributed by atoms with Gasteiger partial charge in [-0.2, -0.15) is 0 Å². The minimum absolute atomic E-state index is 0.173. The van der Waals surface area contributed by atoms with Gasteiger partial charge in [0, 0.05) is 24.2 Å². The van der Waals surface area contributed by atoms with Crippen molar-refractivity contribution in [3.8, 4) is 5.88 Å². The quantitative estimate of drug-likeness (QED) is 0.851. The lowest BCUT2D eigenvalue weighted by Crippen LogP contribution is -2.41. The highest BCUT2D eigenvalue weighted by Crippen LogP contribution is 2.38. The maximum absolute atomic E-state index is 12.9. The van der Waals surface area contributed by atoms with Crippen LogP contribution in [0.1, 0.15) is 59.1 Å². The topological polar surface area (TPSA) is 97.5 Å². The monoisotopic (exact) mass is 357 g/mol. The van der Waals surface area contributed by atoms with E-state index in [1.807, 2.05) is 6.07 Å². The van der Waals surface area contributed by atoms with Gasteiger partial charge in [0.15, 0.2) is 5.69 Å². The van der Waals surface area contributed by atoms with Crippen LogP contribution in [0, 0.1) is 5.92 Å². The molecule has 0 radical (unpaired) electrons. The number of nitrogens with one attached hydrogen (secondary N) is 1. The predicted octanol–water partition coefficient (Wildman–Crippen LogP) is 2.20. The van der Waals surface area contributed by atoms with Crippen molar-refractivity contribution in [1.29, 1.82) is 0 Å². The first-order valence-corrected chi connectivity index (χ1v) is 9.12. The third kappa shape index (κ3) is 3.19. The number of aryl methyl sites for hydroxylation is 1. The number of carbonyl (C=O) groups excluding carboxylic acids is 1. The van der Waals surface area contributed by atoms with Crippen molar-refractivity contribution in [2.24, 2.45) is 5.92 Å². The van der Waals surface area contributed by atoms with Gasteiger partial charge in [0.05, 0.1) is 19.3 Å². The van der Waals surface area contributed by atoms with E-state index in [2.05, 4.69) is 15.5 Å². The molecular weight excluding hydrogens is 334 g/mol. The Morgan fingerprint density at radius 3 is 2.85 bits per heavy atom. The van der Waals surface area contributed by atoms with E-state index in [-0.39, 0.29) is 24.0 Å². The molecule has 1 amide bonds. The SMILES string of the molecule is COc1ccc(C(NC(=O)c2noc3c2CCCC3)C2CC(O)C2)cn1. The van der Waals surface area contributed by atoms with Crippen LogP contribution in [0.4, 0.5) is 0 Å². The number of aromatic nitrogens is 2. The van der Waals surface area contributed by atoms with Gasteiger partial charge in [-0.15, -0.1) is 0 Å². The van der Waals surface area contributed by atoms with E-state index >= 15 is 0 Å². The average Bonchev–Trinajstić information content (AvgIpc) is 3.08. The van der Waals surface area contributed by atoms with E-state index in [0.29, 0.717) is 24.4 Å². The Balaban J connectivity index is 1.56. The highest BCUT2D eigenvalue weighted by atomic mass is 16.5. The van der Waals surface area contributed by atoms with Crippen LogP contribution in [0.15, 0.2) is 22.9 Å². The lowest BCUT2D eigenvalue weighted by molar-refractivity contribution is 0.0233. The molecule has 2 aliphatic rings. The zero-order valence-corrected chi connectivity index (χ0v) is 14.8. The van der Waals surface area contributed by atoms with E-state index in [1.165, 1.54) is 0 Å². The number of rotatable bonds is 5. The van der Waals surface area contributed by atoms with Crippen LogP contribution in [0.5, 0.6) is 5.88 Å². The molecule has 4 rings (SSSR count). The van der Waals surface area contributed by atoms with E-state index in [1.54, 1.807) is 19.4 Å². The van der Waals surface area contributed by atoms with Gasteiger partial charge in [0.1, 0.15) is 5.76 Å². The fourth-order valence-corrected chi connectivity index (χ4v) is 3.84. The van der Waals surface area contributed by atoms with Crippen LogP contribution in [0.2, 0.25) is 0 Å². The Labute approximate surface area is 151 Å². The summed E-state index contributed by atoms with van der Waals surface area (Å²) in [5.41, 5.74) is 2.23. The number of amides is 1. The maximum atomic E-state index is 12.9. The summed E-state index contributed by atoms with van der Waals surface area (Å²) in [6.07, 6.45) is 6.53. The molecule has 2 N–H and O–H groups in total. The number of hydrogen-bond acceptors (Lipinski definition) is 6. The van der Waals surface area contributed by atoms with Crippen molar-refractivity contribution >= 4 is 5.91 Å². The molecule has 1 fully saturated rings. The van der Waals surface area contributed by atoms with E-state index in [9.17, 15) is 9.90 Å². The van der Waals surface area contributed by atoms with Crippen molar-refractivity contribution in [2.75, 3.05) is 7.11 Å². The van der Waals surface area contributed by atoms with Crippen molar-refractivity contribution < 1.29 is 19.2 Å². The van der Waals surface area contributed by atoms with E-state index in [4.69, 9.17) is 9.26 Å². The van der Waals surface area contributed by atoms with Gasteiger partial charge in [0.25, 0.3) is 5.91 Å². The Bertz CT molecular complexity index is 781. The smallest absolute Gasteiger partial charge is 0.274 e. The zero-order valence-electron chi connectivity index (χ0n) is 14.8. The number of fused-ring (bicyclic) bond motifs is 1. The number of ether oxygens (including phenoxy) is 1. The second-order valence-electron chi connectivity index (χ2n) is 7.11. The molecule has 0 aliphatic heterocycles. The molecule has 1 unspecified atom stereocenters. The molecule has 7 nitrogen and oxygen atoms in total. The summed E-state index contributed by atoms with van der Waals surface area (Å²) in [6.45, 7) is 0. The van der Waals surface area contributed by atoms with Crippen LogP contribution in [-0.4, -0.2) is 34.4 Å². The number of aliphatic hydroxyl groups excluding tert-OH is 1. The molecule has 0 spiro atoms. The predicted molar refractivity (Wildman–Crippen MR) is 92.9 cm³/mol. The third-order valence-corrected chi connectivity index (χ3v) is 5.40. The summed E-state index contributed by atoms with van der Waals surface area (Å²) in [7, 11) is 1.57. The molecule has 2 heterocycles. The van der Waals surface area contributed by atoms with Crippen LogP contribution in [0.25, 0.3) is 0 Å². The summed E-state index contributed by atoms with van der Waals surface area (Å²) in [6, 6.07) is 3.46. The van der Waals surface area contributed by atoms with Crippen molar-refractivity contribution in [3.05, 3.63) is 40.9 Å². The standard InChI is InChI=1S/C19H23N3O4/c1-25-16-7-6-11(10-20-16)17(12-8-13(23)9-12)21-19(24)18-14-4-2-3-5-15(14)26-22-18/h6-7,10,12-13,17,23H,2-5,8-9H2,1H3,(H,21,24). The molecule has 0 bridgehead atoms. The van der Waals surface area contributed by atoms with Crippen molar-refractivity contribution in [1.82, 2.24) is 15.5 Å². The molecule has 7 heteroatoms. The molecule has 26 heavy (non-hydrogen) atoms. The highest BCUT2D eigenvalue weighted by molar-refractivity contribution is 5.94. The second-order valence-corrected chi connectivity index (χ2v) is 7.11. The Kier molecular flexibility index (Phi) is 4.63. The van der Waals surface area contributed by atoms with Gasteiger partial charge < -0.3 is 19.7 Å². The summed E-state index contributed by atoms with van der Waals surface area (Å²) in [5, 5.41) is 16.8. The summed E-state index contributed by atoms with van der Waals surface area (Å²) >= 11 is 0. The Morgan fingerprint density at radius 2 is 2.15 bits per heavy atom. The molecule has 2 aromatic heterocycles. The Morgan fingerprint density at radius 1 is 1.35 bits per heavy atom. The number of methoxy groups -OCH3 is 1. The number of carbonyl (C=O) groups is 1. The third-order valence-electron chi connectivity index (χ3n) is 5.40. The first-order valence-electron chi connectivity index (χ1n) is 9.12. The number of nitrogens with zero attached hydrogens (tertiary/aromatic N) is 2. The lowest BCUT2D eigenvalue weighted by Gasteiger charge is -2.38. The van der Waals surface area contributed by atoms with Gasteiger partial charge >= 0.3 is 0 Å². The molecule has 2 aromatic rings. The molecule has 2 aliphatic carbocycles. The van der Waals surface area contributed by atoms with Gasteiger partial charge in [-0.25, -0.2) is 4.98 Å². The van der Waals surface area contributed by atoms with Crippen molar-refractivity contribution in [3.63, 3.8) is 0 Å². The van der Waals surface area contributed by atoms with Crippen molar-refractivity contribution in [2.45, 2.75) is 50.7 Å². The zero-order chi connectivity index (χ0) is 18.1. The molecule has 0 saturated heterocycles. The average molecular weight is 357 g/mol. The minimum Gasteiger partial charge on any atom is -0.481 e.